The minimum Gasteiger partial charge on any atom is -0.616 e. The van der Waals surface area contributed by atoms with E-state index in [1.54, 1.807) is 24.1 Å². The molecule has 0 aromatic heterocycles. The van der Waals surface area contributed by atoms with Crippen LogP contribution < -0.4 is 4.74 Å². The van der Waals surface area contributed by atoms with Gasteiger partial charge in [0.2, 0.25) is 0 Å². The Labute approximate surface area is 249 Å². The van der Waals surface area contributed by atoms with Crippen LogP contribution in [-0.2, 0) is 28.8 Å². The first-order valence-electron chi connectivity index (χ1n) is 14.8. The molecule has 1 atom stereocenters. The first kappa shape index (κ1) is 32.3. The van der Waals surface area contributed by atoms with E-state index in [0.29, 0.717) is 12.4 Å². The first-order valence-corrected chi connectivity index (χ1v) is 16.3. The van der Waals surface area contributed by atoms with Crippen molar-refractivity contribution in [3.8, 4) is 11.5 Å². The van der Waals surface area contributed by atoms with Crippen LogP contribution >= 0.6 is 0 Å². The summed E-state index contributed by atoms with van der Waals surface area (Å²) in [5.41, 5.74) is 4.86. The minimum absolute atomic E-state index is 0.0161. The van der Waals surface area contributed by atoms with Gasteiger partial charge in [-0.05, 0) is 103 Å². The van der Waals surface area contributed by atoms with Gasteiger partial charge >= 0.3 is 0 Å². The predicted molar refractivity (Wildman–Crippen MR) is 171 cm³/mol. The molecule has 6 heteroatoms. The number of benzene rings is 3. The summed E-state index contributed by atoms with van der Waals surface area (Å²) in [6.45, 7) is 3.50. The fraction of sp³-hybridized carbons (Fsp3) is 0.400. The number of phenols is 1. The molecule has 0 aliphatic rings. The molecule has 41 heavy (non-hydrogen) atoms. The first-order chi connectivity index (χ1) is 19.9. The quantitative estimate of drug-likeness (QED) is 0.129. The Morgan fingerprint density at radius 2 is 1.59 bits per heavy atom. The summed E-state index contributed by atoms with van der Waals surface area (Å²) in [6, 6.07) is 26.2. The molecule has 220 valence electrons. The van der Waals surface area contributed by atoms with E-state index in [4.69, 9.17) is 4.74 Å². The smallest absolute Gasteiger partial charge is 0.272 e. The summed E-state index contributed by atoms with van der Waals surface area (Å²) >= 11 is -1.08. The Morgan fingerprint density at radius 1 is 0.902 bits per heavy atom. The lowest BCUT2D eigenvalue weighted by molar-refractivity contribution is -0.127. The van der Waals surface area contributed by atoms with Gasteiger partial charge in [-0.25, -0.2) is 0 Å². The normalized spacial score (nSPS) is 12.2. The maximum Gasteiger partial charge on any atom is 0.272 e. The van der Waals surface area contributed by atoms with Gasteiger partial charge in [-0.2, -0.15) is 0 Å². The van der Waals surface area contributed by atoms with Gasteiger partial charge in [0.1, 0.15) is 17.3 Å². The van der Waals surface area contributed by atoms with Crippen LogP contribution in [0.3, 0.4) is 0 Å². The van der Waals surface area contributed by atoms with E-state index in [-0.39, 0.29) is 17.4 Å². The number of hydrogen-bond donors (Lipinski definition) is 1. The third-order valence-electron chi connectivity index (χ3n) is 7.08. The fourth-order valence-electron chi connectivity index (χ4n) is 4.49. The molecule has 0 fully saturated rings. The van der Waals surface area contributed by atoms with E-state index in [1.807, 2.05) is 30.3 Å². The van der Waals surface area contributed by atoms with Crippen LogP contribution in [0.25, 0.3) is 5.57 Å². The third kappa shape index (κ3) is 12.4. The van der Waals surface area contributed by atoms with Crippen molar-refractivity contribution in [3.05, 3.63) is 102 Å². The van der Waals surface area contributed by atoms with Gasteiger partial charge in [0.15, 0.2) is 5.75 Å². The molecule has 0 bridgehead atoms. The molecule has 0 aliphatic heterocycles. The van der Waals surface area contributed by atoms with Gasteiger partial charge in [-0.1, -0.05) is 74.0 Å². The number of rotatable bonds is 18. The molecule has 0 saturated heterocycles. The number of nitrogens with zero attached hydrogens (tertiary/aromatic N) is 1. The second-order valence-electron chi connectivity index (χ2n) is 10.5. The largest absolute Gasteiger partial charge is 0.616 e. The maximum absolute atomic E-state index is 12.2. The molecule has 3 rings (SSSR count). The minimum atomic E-state index is -1.08. The number of ether oxygens (including phenoxy) is 1. The number of allylic oxidation sites excluding steroid dienone is 2. The van der Waals surface area contributed by atoms with E-state index in [9.17, 15) is 14.5 Å². The standard InChI is InChI=1S/C35H45NO4S/c1-3-4-24-36(2)35(38)28-41(39)26-11-6-5-10-25-40-34-22-17-30(18-23-34)27-32(31-12-8-7-9-13-31)19-14-29-15-20-33(37)21-16-29/h7-9,12-13,15-23,37H,3-6,10-11,14,24-28H2,1-2H3/b32-19+. The molecule has 0 heterocycles. The summed E-state index contributed by atoms with van der Waals surface area (Å²) in [5, 5.41) is 9.56. The van der Waals surface area contributed by atoms with E-state index < -0.39 is 11.2 Å². The molecular weight excluding hydrogens is 530 g/mol. The summed E-state index contributed by atoms with van der Waals surface area (Å²) in [7, 11) is 1.79. The van der Waals surface area contributed by atoms with Crippen LogP contribution in [0.5, 0.6) is 11.5 Å². The van der Waals surface area contributed by atoms with E-state index in [1.165, 1.54) is 16.7 Å². The van der Waals surface area contributed by atoms with Crippen molar-refractivity contribution >= 4 is 22.7 Å². The van der Waals surface area contributed by atoms with Gasteiger partial charge in [0.05, 0.1) is 6.61 Å². The molecule has 0 saturated carbocycles. The average molecular weight is 576 g/mol. The number of hydrogen-bond acceptors (Lipinski definition) is 4. The lowest BCUT2D eigenvalue weighted by Gasteiger charge is -2.18. The molecule has 0 aliphatic carbocycles. The van der Waals surface area contributed by atoms with E-state index in [2.05, 4.69) is 49.4 Å². The Kier molecular flexibility index (Phi) is 14.4. The van der Waals surface area contributed by atoms with Crippen LogP contribution in [-0.4, -0.2) is 52.2 Å². The van der Waals surface area contributed by atoms with Crippen molar-refractivity contribution in [2.24, 2.45) is 0 Å². The second-order valence-corrected chi connectivity index (χ2v) is 12.1. The van der Waals surface area contributed by atoms with Crippen molar-refractivity contribution in [1.29, 1.82) is 0 Å². The maximum atomic E-state index is 12.2. The molecule has 1 unspecified atom stereocenters. The predicted octanol–water partition coefficient (Wildman–Crippen LogP) is 7.21. The summed E-state index contributed by atoms with van der Waals surface area (Å²) in [4.78, 5) is 13.8. The highest BCUT2D eigenvalue weighted by Gasteiger charge is 2.16. The zero-order valence-corrected chi connectivity index (χ0v) is 25.4. The molecule has 5 nitrogen and oxygen atoms in total. The zero-order chi connectivity index (χ0) is 29.3. The van der Waals surface area contributed by atoms with Gasteiger partial charge in [-0.3, -0.25) is 4.79 Å². The molecule has 3 aromatic rings. The molecule has 0 radical (unpaired) electrons. The highest BCUT2D eigenvalue weighted by molar-refractivity contribution is 7.92. The number of carbonyl (C=O) groups is 1. The molecule has 1 amide bonds. The zero-order valence-electron chi connectivity index (χ0n) is 24.6. The average Bonchev–Trinajstić information content (AvgIpc) is 2.99. The third-order valence-corrected chi connectivity index (χ3v) is 8.39. The van der Waals surface area contributed by atoms with Gasteiger partial charge < -0.3 is 19.3 Å². The van der Waals surface area contributed by atoms with Crippen molar-refractivity contribution in [2.75, 3.05) is 31.7 Å². The van der Waals surface area contributed by atoms with Crippen molar-refractivity contribution in [2.45, 2.75) is 58.3 Å². The number of phenolic OH excluding ortho intramolecular Hbond substituents is 1. The van der Waals surface area contributed by atoms with Crippen molar-refractivity contribution in [3.63, 3.8) is 0 Å². The summed E-state index contributed by atoms with van der Waals surface area (Å²) in [6.07, 6.45) is 9.76. The van der Waals surface area contributed by atoms with Crippen LogP contribution in [0.4, 0.5) is 0 Å². The van der Waals surface area contributed by atoms with Crippen LogP contribution in [0.15, 0.2) is 84.9 Å². The van der Waals surface area contributed by atoms with Crippen LogP contribution in [0.1, 0.15) is 62.1 Å². The van der Waals surface area contributed by atoms with E-state index >= 15 is 0 Å². The van der Waals surface area contributed by atoms with Gasteiger partial charge in [0, 0.05) is 13.6 Å². The topological polar surface area (TPSA) is 72.8 Å². The summed E-state index contributed by atoms with van der Waals surface area (Å²) < 4.78 is 18.2. The molecule has 1 N–H and O–H groups in total. The number of unbranched alkanes of at least 4 members (excludes halogenated alkanes) is 4. The highest BCUT2D eigenvalue weighted by Crippen LogP contribution is 2.23. The van der Waals surface area contributed by atoms with Crippen molar-refractivity contribution in [1.82, 2.24) is 4.90 Å². The monoisotopic (exact) mass is 575 g/mol. The van der Waals surface area contributed by atoms with Crippen LogP contribution in [0, 0.1) is 0 Å². The molecular formula is C35H45NO4S. The molecule has 0 spiro atoms. The van der Waals surface area contributed by atoms with Gasteiger partial charge in [0.25, 0.3) is 5.91 Å². The van der Waals surface area contributed by atoms with Crippen molar-refractivity contribution < 1.29 is 19.2 Å². The Hall–Kier alpha value is -3.22. The lowest BCUT2D eigenvalue weighted by atomic mass is 9.96. The number of carbonyl (C=O) groups excluding carboxylic acids is 1. The van der Waals surface area contributed by atoms with Gasteiger partial charge in [-0.15, -0.1) is 0 Å². The Balaban J connectivity index is 1.37. The Bertz CT molecular complexity index is 1180. The SMILES string of the molecule is CCCCN(C)C(=O)C[S+]([O-])CCCCCCOc1ccc(C/C(=C\Cc2ccc(O)cc2)c2ccccc2)cc1. The number of amides is 1. The molecule has 3 aromatic carbocycles. The summed E-state index contributed by atoms with van der Waals surface area (Å²) in [5.74, 6) is 1.86. The Morgan fingerprint density at radius 3 is 2.29 bits per heavy atom. The fourth-order valence-corrected chi connectivity index (χ4v) is 5.66. The van der Waals surface area contributed by atoms with E-state index in [0.717, 1.165) is 69.2 Å². The number of aromatic hydroxyl groups is 1. The lowest BCUT2D eigenvalue weighted by Crippen LogP contribution is -2.34. The van der Waals surface area contributed by atoms with Crippen LogP contribution in [0.2, 0.25) is 0 Å². The highest BCUT2D eigenvalue weighted by atomic mass is 32.2. The second kappa shape index (κ2) is 18.3.